The third-order valence-electron chi connectivity index (χ3n) is 3.01. The van der Waals surface area contributed by atoms with Crippen LogP contribution in [0.15, 0.2) is 0 Å². The van der Waals surface area contributed by atoms with Gasteiger partial charge in [0.25, 0.3) is 5.91 Å². The summed E-state index contributed by atoms with van der Waals surface area (Å²) < 4.78 is 0. The highest BCUT2D eigenvalue weighted by Crippen LogP contribution is 2.37. The predicted octanol–water partition coefficient (Wildman–Crippen LogP) is -0.668. The van der Waals surface area contributed by atoms with Crippen molar-refractivity contribution in [3.05, 3.63) is 0 Å². The van der Waals surface area contributed by atoms with E-state index in [0.29, 0.717) is 18.9 Å². The number of likely N-dealkylation sites (tertiary alicyclic amines) is 1. The first-order valence-corrected chi connectivity index (χ1v) is 4.85. The van der Waals surface area contributed by atoms with E-state index in [1.165, 1.54) is 0 Å². The normalized spacial score (nSPS) is 30.6. The van der Waals surface area contributed by atoms with Crippen LogP contribution in [0, 0.1) is 0 Å². The van der Waals surface area contributed by atoms with E-state index < -0.39 is 5.60 Å². The Labute approximate surface area is 77.9 Å². The Bertz CT molecular complexity index is 226. The van der Waals surface area contributed by atoms with E-state index in [1.807, 2.05) is 7.05 Å². The molecule has 4 heteroatoms. The average Bonchev–Trinajstić information content (AvgIpc) is 2.71. The highest BCUT2D eigenvalue weighted by atomic mass is 16.3. The van der Waals surface area contributed by atoms with Gasteiger partial charge < -0.3 is 15.3 Å². The Morgan fingerprint density at radius 3 is 2.77 bits per heavy atom. The van der Waals surface area contributed by atoms with E-state index in [9.17, 15) is 9.90 Å². The summed E-state index contributed by atoms with van der Waals surface area (Å²) in [4.78, 5) is 13.4. The third-order valence-corrected chi connectivity index (χ3v) is 3.01. The van der Waals surface area contributed by atoms with E-state index >= 15 is 0 Å². The molecule has 0 unspecified atom stereocenters. The molecular formula is C9H16N2O2. The molecule has 0 spiro atoms. The first-order chi connectivity index (χ1) is 6.15. The summed E-state index contributed by atoms with van der Waals surface area (Å²) in [6.45, 7) is 1.53. The van der Waals surface area contributed by atoms with Crippen LogP contribution < -0.4 is 5.32 Å². The zero-order valence-corrected chi connectivity index (χ0v) is 7.92. The third kappa shape index (κ3) is 1.56. The van der Waals surface area contributed by atoms with Crippen LogP contribution in [0.5, 0.6) is 0 Å². The Kier molecular flexibility index (Phi) is 2.04. The molecule has 0 aromatic carbocycles. The molecule has 2 fully saturated rings. The molecule has 1 atom stereocenters. The fourth-order valence-electron chi connectivity index (χ4n) is 1.81. The maximum atomic E-state index is 11.6. The standard InChI is InChI=1S/C9H16N2O2/c1-10-7-2-5-11(6-7)8(12)9(13)3-4-9/h7,10,13H,2-6H2,1H3/t7-/m0/s1. The second kappa shape index (κ2) is 2.96. The number of hydrogen-bond donors (Lipinski definition) is 2. The lowest BCUT2D eigenvalue weighted by Gasteiger charge is -2.19. The summed E-state index contributed by atoms with van der Waals surface area (Å²) in [5.41, 5.74) is -0.984. The second-order valence-corrected chi connectivity index (χ2v) is 4.06. The average molecular weight is 184 g/mol. The van der Waals surface area contributed by atoms with Crippen LogP contribution in [0.3, 0.4) is 0 Å². The number of aliphatic hydroxyl groups is 1. The Hall–Kier alpha value is -0.610. The minimum absolute atomic E-state index is 0.0646. The highest BCUT2D eigenvalue weighted by molar-refractivity contribution is 5.88. The molecular weight excluding hydrogens is 168 g/mol. The molecule has 0 aromatic rings. The fourth-order valence-corrected chi connectivity index (χ4v) is 1.81. The van der Waals surface area contributed by atoms with E-state index in [1.54, 1.807) is 4.90 Å². The van der Waals surface area contributed by atoms with Crippen molar-refractivity contribution < 1.29 is 9.90 Å². The number of amides is 1. The largest absolute Gasteiger partial charge is 0.380 e. The van der Waals surface area contributed by atoms with Crippen LogP contribution in [-0.4, -0.2) is 47.7 Å². The number of rotatable bonds is 2. The van der Waals surface area contributed by atoms with Gasteiger partial charge in [-0.15, -0.1) is 0 Å². The van der Waals surface area contributed by atoms with Crippen LogP contribution in [0.25, 0.3) is 0 Å². The molecule has 4 nitrogen and oxygen atoms in total. The zero-order valence-electron chi connectivity index (χ0n) is 7.92. The lowest BCUT2D eigenvalue weighted by atomic mass is 10.3. The first kappa shape index (κ1) is 8.97. The van der Waals surface area contributed by atoms with Gasteiger partial charge in [0.2, 0.25) is 0 Å². The lowest BCUT2D eigenvalue weighted by molar-refractivity contribution is -0.141. The van der Waals surface area contributed by atoms with E-state index in [-0.39, 0.29) is 5.91 Å². The maximum absolute atomic E-state index is 11.6. The molecule has 1 saturated heterocycles. The van der Waals surface area contributed by atoms with E-state index in [4.69, 9.17) is 0 Å². The minimum Gasteiger partial charge on any atom is -0.380 e. The van der Waals surface area contributed by atoms with Gasteiger partial charge in [0.05, 0.1) is 0 Å². The number of nitrogens with zero attached hydrogens (tertiary/aromatic N) is 1. The van der Waals surface area contributed by atoms with Crippen molar-refractivity contribution in [1.29, 1.82) is 0 Å². The van der Waals surface area contributed by atoms with Gasteiger partial charge in [0, 0.05) is 19.1 Å². The molecule has 1 saturated carbocycles. The van der Waals surface area contributed by atoms with Crippen molar-refractivity contribution in [3.63, 3.8) is 0 Å². The lowest BCUT2D eigenvalue weighted by Crippen LogP contribution is -2.40. The summed E-state index contributed by atoms with van der Waals surface area (Å²) in [6.07, 6.45) is 2.29. The Morgan fingerprint density at radius 2 is 2.31 bits per heavy atom. The van der Waals surface area contributed by atoms with Gasteiger partial charge in [-0.25, -0.2) is 0 Å². The highest BCUT2D eigenvalue weighted by Gasteiger charge is 2.50. The Balaban J connectivity index is 1.92. The fraction of sp³-hybridized carbons (Fsp3) is 0.889. The monoisotopic (exact) mass is 184 g/mol. The first-order valence-electron chi connectivity index (χ1n) is 4.85. The Morgan fingerprint density at radius 1 is 1.62 bits per heavy atom. The van der Waals surface area contributed by atoms with Crippen molar-refractivity contribution in [3.8, 4) is 0 Å². The zero-order chi connectivity index (χ0) is 9.47. The number of hydrogen-bond acceptors (Lipinski definition) is 3. The van der Waals surface area contributed by atoms with Gasteiger partial charge in [0.1, 0.15) is 5.60 Å². The van der Waals surface area contributed by atoms with E-state index in [0.717, 1.165) is 19.5 Å². The van der Waals surface area contributed by atoms with Crippen LogP contribution in [0.1, 0.15) is 19.3 Å². The molecule has 0 radical (unpaired) electrons. The van der Waals surface area contributed by atoms with Crippen molar-refractivity contribution >= 4 is 5.91 Å². The predicted molar refractivity (Wildman–Crippen MR) is 48.2 cm³/mol. The number of carbonyl (C=O) groups excluding carboxylic acids is 1. The van der Waals surface area contributed by atoms with Crippen molar-refractivity contribution in [1.82, 2.24) is 10.2 Å². The summed E-state index contributed by atoms with van der Waals surface area (Å²) in [5, 5.41) is 12.8. The van der Waals surface area contributed by atoms with Crippen molar-refractivity contribution in [2.45, 2.75) is 30.9 Å². The summed E-state index contributed by atoms with van der Waals surface area (Å²) >= 11 is 0. The molecule has 2 rings (SSSR count). The molecule has 2 aliphatic rings. The molecule has 0 bridgehead atoms. The summed E-state index contributed by atoms with van der Waals surface area (Å²) in [7, 11) is 1.91. The van der Waals surface area contributed by atoms with Gasteiger partial charge in [0.15, 0.2) is 0 Å². The number of nitrogens with one attached hydrogen (secondary N) is 1. The van der Waals surface area contributed by atoms with Crippen LogP contribution >= 0.6 is 0 Å². The molecule has 0 aromatic heterocycles. The SMILES string of the molecule is CN[C@H]1CCN(C(=O)C2(O)CC2)C1. The van der Waals surface area contributed by atoms with Gasteiger partial charge in [-0.3, -0.25) is 4.79 Å². The number of carbonyl (C=O) groups is 1. The molecule has 2 N–H and O–H groups in total. The summed E-state index contributed by atoms with van der Waals surface area (Å²) in [6, 6.07) is 0.409. The molecule has 74 valence electrons. The van der Waals surface area contributed by atoms with Crippen molar-refractivity contribution in [2.24, 2.45) is 0 Å². The second-order valence-electron chi connectivity index (χ2n) is 4.06. The minimum atomic E-state index is -0.984. The van der Waals surface area contributed by atoms with Crippen LogP contribution in [0.2, 0.25) is 0 Å². The molecule has 1 amide bonds. The van der Waals surface area contributed by atoms with Gasteiger partial charge >= 0.3 is 0 Å². The topological polar surface area (TPSA) is 52.6 Å². The molecule has 13 heavy (non-hydrogen) atoms. The van der Waals surface area contributed by atoms with Gasteiger partial charge in [-0.1, -0.05) is 0 Å². The summed E-state index contributed by atoms with van der Waals surface area (Å²) in [5.74, 6) is -0.0646. The molecule has 1 aliphatic heterocycles. The number of likely N-dealkylation sites (N-methyl/N-ethyl adjacent to an activating group) is 1. The smallest absolute Gasteiger partial charge is 0.254 e. The van der Waals surface area contributed by atoms with Crippen molar-refractivity contribution in [2.75, 3.05) is 20.1 Å². The quantitative estimate of drug-likeness (QED) is 0.598. The van der Waals surface area contributed by atoms with Gasteiger partial charge in [-0.2, -0.15) is 0 Å². The van der Waals surface area contributed by atoms with E-state index in [2.05, 4.69) is 5.32 Å². The van der Waals surface area contributed by atoms with Crippen LogP contribution in [-0.2, 0) is 4.79 Å². The van der Waals surface area contributed by atoms with Gasteiger partial charge in [-0.05, 0) is 26.3 Å². The molecule has 1 aliphatic carbocycles. The maximum Gasteiger partial charge on any atom is 0.254 e. The van der Waals surface area contributed by atoms with Crippen LogP contribution in [0.4, 0.5) is 0 Å². The molecule has 1 heterocycles.